The van der Waals surface area contributed by atoms with Crippen molar-refractivity contribution in [2.75, 3.05) is 0 Å². The van der Waals surface area contributed by atoms with Gasteiger partial charge in [-0.15, -0.1) is 15.2 Å². The molecular formula is C14H9FO2S2. The Morgan fingerprint density at radius 3 is 2.53 bits per heavy atom. The highest BCUT2D eigenvalue weighted by molar-refractivity contribution is 7.89. The van der Waals surface area contributed by atoms with Crippen LogP contribution in [0.3, 0.4) is 0 Å². The largest absolute Gasteiger partial charge is 0.325 e. The third-order valence-electron chi connectivity index (χ3n) is 2.84. The van der Waals surface area contributed by atoms with E-state index in [-0.39, 0.29) is 0 Å². The van der Waals surface area contributed by atoms with Gasteiger partial charge in [-0.2, -0.15) is 8.42 Å². The number of fused-ring (bicyclic) bond motifs is 3. The molecule has 5 heteroatoms. The van der Waals surface area contributed by atoms with E-state index in [1.807, 2.05) is 36.4 Å². The molecule has 3 rings (SSSR count). The summed E-state index contributed by atoms with van der Waals surface area (Å²) < 4.78 is 35.8. The number of benzene rings is 2. The Balaban J connectivity index is 2.29. The average molecular weight is 292 g/mol. The van der Waals surface area contributed by atoms with Gasteiger partial charge < -0.3 is 0 Å². The Kier molecular flexibility index (Phi) is 2.88. The van der Waals surface area contributed by atoms with Crippen LogP contribution in [0, 0.1) is 0 Å². The lowest BCUT2D eigenvalue weighted by Gasteiger charge is -1.95. The van der Waals surface area contributed by atoms with Crippen LogP contribution in [0.5, 0.6) is 0 Å². The molecule has 96 valence electrons. The summed E-state index contributed by atoms with van der Waals surface area (Å²) in [5.41, 5.74) is 0.708. The molecule has 0 spiro atoms. The van der Waals surface area contributed by atoms with Gasteiger partial charge in [0, 0.05) is 20.2 Å². The number of halogens is 1. The van der Waals surface area contributed by atoms with E-state index >= 15 is 0 Å². The lowest BCUT2D eigenvalue weighted by molar-refractivity contribution is 0.563. The van der Waals surface area contributed by atoms with E-state index in [1.165, 1.54) is 6.08 Å². The summed E-state index contributed by atoms with van der Waals surface area (Å²) in [6, 6.07) is 13.6. The van der Waals surface area contributed by atoms with Crippen LogP contribution in [-0.4, -0.2) is 8.42 Å². The molecule has 2 nitrogen and oxygen atoms in total. The van der Waals surface area contributed by atoms with Crippen LogP contribution in [0.4, 0.5) is 3.89 Å². The molecule has 0 amide bonds. The quantitative estimate of drug-likeness (QED) is 0.659. The first-order chi connectivity index (χ1) is 9.04. The van der Waals surface area contributed by atoms with Gasteiger partial charge in [0.25, 0.3) is 0 Å². The zero-order valence-corrected chi connectivity index (χ0v) is 11.3. The molecule has 0 saturated heterocycles. The summed E-state index contributed by atoms with van der Waals surface area (Å²) in [7, 11) is -4.60. The molecule has 0 aliphatic rings. The highest BCUT2D eigenvalue weighted by Crippen LogP contribution is 2.36. The molecule has 0 N–H and O–H groups in total. The van der Waals surface area contributed by atoms with Gasteiger partial charge in [0.15, 0.2) is 0 Å². The van der Waals surface area contributed by atoms with Gasteiger partial charge in [-0.3, -0.25) is 0 Å². The summed E-state index contributed by atoms with van der Waals surface area (Å²) in [4.78, 5) is 0. The topological polar surface area (TPSA) is 34.1 Å². The maximum atomic E-state index is 12.6. The van der Waals surface area contributed by atoms with Gasteiger partial charge in [-0.25, -0.2) is 0 Å². The molecule has 2 aromatic carbocycles. The van der Waals surface area contributed by atoms with Crippen LogP contribution in [0.15, 0.2) is 47.9 Å². The van der Waals surface area contributed by atoms with Crippen molar-refractivity contribution in [2.24, 2.45) is 0 Å². The van der Waals surface area contributed by atoms with Crippen molar-refractivity contribution in [3.05, 3.63) is 53.4 Å². The summed E-state index contributed by atoms with van der Waals surface area (Å²) in [6.07, 6.45) is 1.30. The second kappa shape index (κ2) is 4.43. The average Bonchev–Trinajstić information content (AvgIpc) is 2.74. The minimum atomic E-state index is -4.60. The summed E-state index contributed by atoms with van der Waals surface area (Å²) in [5.74, 6) is 0. The summed E-state index contributed by atoms with van der Waals surface area (Å²) in [5, 5.41) is 2.77. The predicted octanol–water partition coefficient (Wildman–Crippen LogP) is 4.32. The summed E-state index contributed by atoms with van der Waals surface area (Å²) >= 11 is 1.57. The fourth-order valence-electron chi connectivity index (χ4n) is 2.05. The number of hydrogen-bond acceptors (Lipinski definition) is 3. The van der Waals surface area contributed by atoms with Crippen molar-refractivity contribution in [2.45, 2.75) is 0 Å². The standard InChI is InChI=1S/C14H9FO2S2/c15-19(16,17)9-8-10-4-3-6-12-11-5-1-2-7-13(11)18-14(10)12/h1-9H/b9-8+. The molecule has 3 aromatic rings. The first-order valence-electron chi connectivity index (χ1n) is 5.57. The normalized spacial score (nSPS) is 12.7. The fraction of sp³-hybridized carbons (Fsp3) is 0. The van der Waals surface area contributed by atoms with Gasteiger partial charge in [0.05, 0.1) is 5.41 Å². The van der Waals surface area contributed by atoms with Gasteiger partial charge in [-0.05, 0) is 17.7 Å². The number of thiophene rings is 1. The van der Waals surface area contributed by atoms with E-state index in [0.29, 0.717) is 11.0 Å². The maximum absolute atomic E-state index is 12.6. The van der Waals surface area contributed by atoms with Gasteiger partial charge in [0.2, 0.25) is 0 Å². The highest BCUT2D eigenvalue weighted by Gasteiger charge is 2.07. The second-order valence-corrected chi connectivity index (χ2v) is 6.38. The molecule has 0 saturated carbocycles. The Hall–Kier alpha value is -1.72. The summed E-state index contributed by atoms with van der Waals surface area (Å²) in [6.45, 7) is 0. The zero-order valence-electron chi connectivity index (χ0n) is 9.71. The van der Waals surface area contributed by atoms with Crippen LogP contribution in [0.2, 0.25) is 0 Å². The van der Waals surface area contributed by atoms with Crippen LogP contribution in [-0.2, 0) is 10.2 Å². The zero-order chi connectivity index (χ0) is 13.5. The van der Waals surface area contributed by atoms with E-state index < -0.39 is 10.2 Å². The van der Waals surface area contributed by atoms with Crippen molar-refractivity contribution in [1.29, 1.82) is 0 Å². The Morgan fingerprint density at radius 1 is 1.00 bits per heavy atom. The third kappa shape index (κ3) is 2.39. The SMILES string of the molecule is O=S(=O)(F)/C=C/c1cccc2c1sc1ccccc12. The fourth-order valence-corrected chi connectivity index (χ4v) is 3.56. The van der Waals surface area contributed by atoms with Crippen molar-refractivity contribution < 1.29 is 12.3 Å². The number of hydrogen-bond donors (Lipinski definition) is 0. The molecule has 0 atom stereocenters. The smallest absolute Gasteiger partial charge is 0.190 e. The van der Waals surface area contributed by atoms with Crippen LogP contribution < -0.4 is 0 Å². The van der Waals surface area contributed by atoms with Crippen LogP contribution in [0.25, 0.3) is 26.2 Å². The van der Waals surface area contributed by atoms with Gasteiger partial charge >= 0.3 is 10.2 Å². The predicted molar refractivity (Wildman–Crippen MR) is 78.4 cm³/mol. The number of rotatable bonds is 2. The Morgan fingerprint density at radius 2 is 1.74 bits per heavy atom. The van der Waals surface area contributed by atoms with E-state index in [9.17, 15) is 12.3 Å². The minimum absolute atomic E-state index is 0.589. The van der Waals surface area contributed by atoms with Crippen LogP contribution in [0.1, 0.15) is 5.56 Å². The highest BCUT2D eigenvalue weighted by atomic mass is 32.3. The second-order valence-electron chi connectivity index (χ2n) is 4.10. The molecule has 1 heterocycles. The van der Waals surface area contributed by atoms with Crippen molar-refractivity contribution >= 4 is 47.8 Å². The molecule has 0 unspecified atom stereocenters. The Bertz CT molecular complexity index is 892. The van der Waals surface area contributed by atoms with E-state index in [0.717, 1.165) is 20.2 Å². The van der Waals surface area contributed by atoms with E-state index in [2.05, 4.69) is 0 Å². The lowest BCUT2D eigenvalue weighted by Crippen LogP contribution is -1.81. The molecule has 0 aliphatic carbocycles. The molecule has 0 fully saturated rings. The first kappa shape index (κ1) is 12.3. The van der Waals surface area contributed by atoms with Crippen LogP contribution >= 0.6 is 11.3 Å². The lowest BCUT2D eigenvalue weighted by atomic mass is 10.1. The van der Waals surface area contributed by atoms with E-state index in [4.69, 9.17) is 0 Å². The van der Waals surface area contributed by atoms with Gasteiger partial charge in [0.1, 0.15) is 0 Å². The maximum Gasteiger partial charge on any atom is 0.325 e. The molecule has 0 radical (unpaired) electrons. The minimum Gasteiger partial charge on any atom is -0.190 e. The molecule has 0 bridgehead atoms. The molecule has 19 heavy (non-hydrogen) atoms. The first-order valence-corrected chi connectivity index (χ1v) is 7.84. The Labute approximate surface area is 114 Å². The van der Waals surface area contributed by atoms with Crippen molar-refractivity contribution in [3.8, 4) is 0 Å². The van der Waals surface area contributed by atoms with Crippen molar-refractivity contribution in [1.82, 2.24) is 0 Å². The van der Waals surface area contributed by atoms with E-state index in [1.54, 1.807) is 17.4 Å². The molecular weight excluding hydrogens is 283 g/mol. The molecule has 0 aliphatic heterocycles. The van der Waals surface area contributed by atoms with Gasteiger partial charge in [-0.1, -0.05) is 36.4 Å². The molecule has 1 aromatic heterocycles. The monoisotopic (exact) mass is 292 g/mol. The third-order valence-corrected chi connectivity index (χ3v) is 4.54. The van der Waals surface area contributed by atoms with Crippen molar-refractivity contribution in [3.63, 3.8) is 0 Å².